The van der Waals surface area contributed by atoms with Gasteiger partial charge in [0.05, 0.1) is 70.3 Å². The van der Waals surface area contributed by atoms with Crippen molar-refractivity contribution in [1.29, 1.82) is 0 Å². The Labute approximate surface area is 394 Å². The molecule has 9 aromatic rings. The maximum Gasteiger partial charge on any atom is 0.152 e. The Bertz CT molecular complexity index is 2920. The third-order valence-corrected chi connectivity index (χ3v) is 10.5. The number of nitrogens with two attached hydrogens (primary N) is 3. The smallest absolute Gasteiger partial charge is 0.152 e. The van der Waals surface area contributed by atoms with Crippen molar-refractivity contribution in [3.05, 3.63) is 90.8 Å². The molecule has 0 unspecified atom stereocenters. The summed E-state index contributed by atoms with van der Waals surface area (Å²) < 4.78 is 11.7. The molecule has 6 aromatic heterocycles. The van der Waals surface area contributed by atoms with E-state index in [1.807, 2.05) is 91.5 Å². The maximum absolute atomic E-state index is 10.3. The van der Waals surface area contributed by atoms with Crippen LogP contribution in [-0.2, 0) is 37.5 Å². The summed E-state index contributed by atoms with van der Waals surface area (Å²) in [7, 11) is 0. The first-order valence-corrected chi connectivity index (χ1v) is 21.8. The zero-order valence-corrected chi connectivity index (χ0v) is 38.1. The largest absolute Gasteiger partial charge is 0.389 e. The van der Waals surface area contributed by atoms with Gasteiger partial charge in [-0.25, -0.2) is 29.9 Å². The van der Waals surface area contributed by atoms with E-state index in [0.29, 0.717) is 67.3 Å². The molecule has 67 heavy (non-hydrogen) atoms. The molecule has 0 saturated carbocycles. The molecule has 0 aliphatic heterocycles. The van der Waals surface area contributed by atoms with Crippen molar-refractivity contribution in [1.82, 2.24) is 48.9 Å². The summed E-state index contributed by atoms with van der Waals surface area (Å²) >= 11 is 0. The number of nitrogen functional groups attached to an aromatic ring is 3. The van der Waals surface area contributed by atoms with E-state index < -0.39 is 11.2 Å². The van der Waals surface area contributed by atoms with Gasteiger partial charge in [-0.1, -0.05) is 97.6 Å². The van der Waals surface area contributed by atoms with Gasteiger partial charge in [0, 0.05) is 29.3 Å². The molecule has 0 spiro atoms. The lowest BCUT2D eigenvalue weighted by molar-refractivity contribution is 0.0581. The molecule has 16 heteroatoms. The third-order valence-electron chi connectivity index (χ3n) is 10.5. The SMILES string of the molecule is C.C.C.CC(C)Cn1cnc2c(N)nc3ccccc3c21.CCNCc1nc2c(N)nc3ccccc3c2n1CC(C)(C)O.CCOCc1nc2c(N)nc3ccccc3c2n1CC(C)(C)O. The second kappa shape index (κ2) is 21.9. The topological polar surface area (TPSA) is 232 Å². The van der Waals surface area contributed by atoms with Crippen molar-refractivity contribution in [3.63, 3.8) is 0 Å². The summed E-state index contributed by atoms with van der Waals surface area (Å²) in [5.74, 6) is 3.49. The first-order valence-electron chi connectivity index (χ1n) is 21.8. The first-order chi connectivity index (χ1) is 30.5. The average Bonchev–Trinajstić information content (AvgIpc) is 3.93. The number of nitrogens with one attached hydrogen (secondary N) is 1. The van der Waals surface area contributed by atoms with E-state index in [1.54, 1.807) is 27.7 Å². The van der Waals surface area contributed by atoms with Gasteiger partial charge in [0.15, 0.2) is 17.5 Å². The van der Waals surface area contributed by atoms with Crippen LogP contribution in [0.25, 0.3) is 65.8 Å². The Morgan fingerprint density at radius 3 is 1.46 bits per heavy atom. The average molecular weight is 916 g/mol. The highest BCUT2D eigenvalue weighted by Crippen LogP contribution is 2.32. The van der Waals surface area contributed by atoms with Crippen LogP contribution in [0.4, 0.5) is 17.5 Å². The predicted octanol–water partition coefficient (Wildman–Crippen LogP) is 9.25. The highest BCUT2D eigenvalue weighted by atomic mass is 16.5. The molecular weight excluding hydrogens is 843 g/mol. The number of hydrogen-bond donors (Lipinski definition) is 6. The number of ether oxygens (including phenoxy) is 1. The lowest BCUT2D eigenvalue weighted by Gasteiger charge is -2.20. The van der Waals surface area contributed by atoms with Gasteiger partial charge in [0.2, 0.25) is 0 Å². The van der Waals surface area contributed by atoms with Crippen molar-refractivity contribution in [2.75, 3.05) is 30.4 Å². The summed E-state index contributed by atoms with van der Waals surface area (Å²) in [6.45, 7) is 19.7. The van der Waals surface area contributed by atoms with Crippen molar-refractivity contribution < 1.29 is 14.9 Å². The van der Waals surface area contributed by atoms with Crippen LogP contribution in [0.15, 0.2) is 79.1 Å². The van der Waals surface area contributed by atoms with E-state index in [4.69, 9.17) is 21.9 Å². The fourth-order valence-electron chi connectivity index (χ4n) is 7.94. The Hall–Kier alpha value is -6.46. The second-order valence-corrected chi connectivity index (χ2v) is 17.7. The third kappa shape index (κ3) is 11.7. The molecule has 9 N–H and O–H groups in total. The van der Waals surface area contributed by atoms with Crippen molar-refractivity contribution in [3.8, 4) is 0 Å². The number of nitrogens with zero attached hydrogens (tertiary/aromatic N) is 9. The minimum Gasteiger partial charge on any atom is -0.389 e. The Balaban J connectivity index is 0.000000216. The first kappa shape index (κ1) is 53.2. The second-order valence-electron chi connectivity index (χ2n) is 17.7. The van der Waals surface area contributed by atoms with Crippen LogP contribution in [0.3, 0.4) is 0 Å². The van der Waals surface area contributed by atoms with E-state index in [9.17, 15) is 10.2 Å². The van der Waals surface area contributed by atoms with Crippen molar-refractivity contribution in [2.24, 2.45) is 5.92 Å². The molecule has 16 nitrogen and oxygen atoms in total. The number of benzene rings is 3. The van der Waals surface area contributed by atoms with Gasteiger partial charge in [-0.2, -0.15) is 0 Å². The minimum absolute atomic E-state index is 0. The summed E-state index contributed by atoms with van der Waals surface area (Å²) in [5.41, 5.74) is 24.1. The molecule has 0 fully saturated rings. The molecule has 0 amide bonds. The normalized spacial score (nSPS) is 11.6. The molecule has 9 rings (SSSR count). The van der Waals surface area contributed by atoms with E-state index in [-0.39, 0.29) is 22.3 Å². The van der Waals surface area contributed by atoms with Crippen LogP contribution in [0.2, 0.25) is 0 Å². The number of fused-ring (bicyclic) bond motifs is 9. The lowest BCUT2D eigenvalue weighted by Crippen LogP contribution is -2.28. The molecule has 0 atom stereocenters. The molecule has 0 aliphatic rings. The molecule has 3 aromatic carbocycles. The molecular formula is C51H73N13O3. The standard InChI is InChI=1S/C17H23N5O.C17H22N4O2.C14H16N4.3CH4/c1-4-19-9-13-21-14-15(22(13)10-17(2,3)23)11-7-5-6-8-12(11)20-16(14)18;1-4-23-9-13-20-14-15(21(13)10-17(2,3)22)11-7-5-6-8-12(11)19-16(14)18;1-9(2)7-18-8-16-12-13(18)10-5-3-4-6-11(10)17-14(12)15;;;/h5-8,19,23H,4,9-10H2,1-3H3,(H2,18,20);5-8,22H,4,9-10H2,1-3H3,(H2,18,19);3-6,8-9H,7H2,1-2H3,(H2,15,17);3*1H4. The quantitative estimate of drug-likeness (QED) is 0.0672. The van der Waals surface area contributed by atoms with Crippen LogP contribution in [0, 0.1) is 5.92 Å². The molecule has 0 bridgehead atoms. The number of imidazole rings is 3. The van der Waals surface area contributed by atoms with E-state index in [2.05, 4.69) is 64.3 Å². The van der Waals surface area contributed by atoms with E-state index in [0.717, 1.165) is 79.5 Å². The molecule has 0 aliphatic carbocycles. The lowest BCUT2D eigenvalue weighted by atomic mass is 10.1. The number of para-hydroxylation sites is 3. The fourth-order valence-corrected chi connectivity index (χ4v) is 7.94. The zero-order chi connectivity index (χ0) is 45.9. The van der Waals surface area contributed by atoms with Gasteiger partial charge in [-0.15, -0.1) is 0 Å². The van der Waals surface area contributed by atoms with Gasteiger partial charge in [0.1, 0.15) is 34.8 Å². The van der Waals surface area contributed by atoms with Crippen LogP contribution < -0.4 is 22.5 Å². The Morgan fingerprint density at radius 1 is 0.612 bits per heavy atom. The molecule has 0 radical (unpaired) electrons. The van der Waals surface area contributed by atoms with Gasteiger partial charge >= 0.3 is 0 Å². The number of aliphatic hydroxyl groups is 2. The van der Waals surface area contributed by atoms with E-state index >= 15 is 0 Å². The van der Waals surface area contributed by atoms with Crippen LogP contribution >= 0.6 is 0 Å². The molecule has 0 saturated heterocycles. The van der Waals surface area contributed by atoms with Gasteiger partial charge in [0.25, 0.3) is 0 Å². The monoisotopic (exact) mass is 916 g/mol. The zero-order valence-electron chi connectivity index (χ0n) is 38.1. The molecule has 6 heterocycles. The fraction of sp³-hybridized carbons (Fsp3) is 0.412. The van der Waals surface area contributed by atoms with Crippen LogP contribution in [-0.4, -0.2) is 78.2 Å². The van der Waals surface area contributed by atoms with Gasteiger partial charge < -0.3 is 51.2 Å². The molecule has 360 valence electrons. The highest BCUT2D eigenvalue weighted by Gasteiger charge is 2.24. The Kier molecular flexibility index (Phi) is 17.4. The summed E-state index contributed by atoms with van der Waals surface area (Å²) in [6.07, 6.45) is 1.86. The predicted molar refractivity (Wildman–Crippen MR) is 279 cm³/mol. The summed E-state index contributed by atoms with van der Waals surface area (Å²) in [4.78, 5) is 27.0. The number of pyridine rings is 3. The van der Waals surface area contributed by atoms with Crippen LogP contribution in [0.1, 0.15) is 89.3 Å². The number of rotatable bonds is 12. The van der Waals surface area contributed by atoms with Gasteiger partial charge in [-0.3, -0.25) is 0 Å². The van der Waals surface area contributed by atoms with Crippen LogP contribution in [0.5, 0.6) is 0 Å². The van der Waals surface area contributed by atoms with E-state index in [1.165, 1.54) is 0 Å². The van der Waals surface area contributed by atoms with Crippen molar-refractivity contribution >= 4 is 83.3 Å². The minimum atomic E-state index is -0.881. The summed E-state index contributed by atoms with van der Waals surface area (Å²) in [5, 5.41) is 27.0. The number of hydrogen-bond acceptors (Lipinski definition) is 13. The number of anilines is 3. The maximum atomic E-state index is 10.3. The number of aromatic nitrogens is 9. The van der Waals surface area contributed by atoms with Gasteiger partial charge in [-0.05, 0) is 65.3 Å². The highest BCUT2D eigenvalue weighted by molar-refractivity contribution is 6.08. The summed E-state index contributed by atoms with van der Waals surface area (Å²) in [6, 6.07) is 23.7. The van der Waals surface area contributed by atoms with Crippen molar-refractivity contribution in [2.45, 2.75) is 122 Å². The Morgan fingerprint density at radius 2 is 1.03 bits per heavy atom.